The highest BCUT2D eigenvalue weighted by Crippen LogP contribution is 2.24. The summed E-state index contributed by atoms with van der Waals surface area (Å²) in [7, 11) is 0. The maximum Gasteiger partial charge on any atom is 0.231 e. The number of carbonyl (C=O) groups is 1. The standard InChI is InChI=1S/C14H22N2O/c1-5-14(4,9-15)13(17)16-12-8-10(2)6-7-11(12)3/h6-8H,5,9,15H2,1-4H3,(H,16,17). The van der Waals surface area contributed by atoms with Gasteiger partial charge < -0.3 is 11.1 Å². The average molecular weight is 234 g/mol. The molecule has 1 amide bonds. The number of hydrogen-bond acceptors (Lipinski definition) is 2. The Labute approximate surface area is 103 Å². The van der Waals surface area contributed by atoms with E-state index >= 15 is 0 Å². The maximum atomic E-state index is 12.2. The fraction of sp³-hybridized carbons (Fsp3) is 0.500. The summed E-state index contributed by atoms with van der Waals surface area (Å²) in [4.78, 5) is 12.2. The highest BCUT2D eigenvalue weighted by atomic mass is 16.2. The van der Waals surface area contributed by atoms with Crippen LogP contribution in [0.15, 0.2) is 18.2 Å². The number of anilines is 1. The molecule has 0 saturated carbocycles. The Hall–Kier alpha value is -1.35. The third kappa shape index (κ3) is 3.07. The Morgan fingerprint density at radius 2 is 2.06 bits per heavy atom. The van der Waals surface area contributed by atoms with Crippen molar-refractivity contribution in [1.82, 2.24) is 0 Å². The molecule has 1 unspecified atom stereocenters. The summed E-state index contributed by atoms with van der Waals surface area (Å²) in [5.74, 6) is -0.00352. The van der Waals surface area contributed by atoms with E-state index < -0.39 is 5.41 Å². The summed E-state index contributed by atoms with van der Waals surface area (Å²) in [5, 5.41) is 2.97. The number of aryl methyl sites for hydroxylation is 2. The molecule has 0 saturated heterocycles. The minimum Gasteiger partial charge on any atom is -0.329 e. The van der Waals surface area contributed by atoms with E-state index in [1.807, 2.05) is 45.9 Å². The zero-order valence-corrected chi connectivity index (χ0v) is 11.1. The molecule has 94 valence electrons. The first-order chi connectivity index (χ1) is 7.92. The van der Waals surface area contributed by atoms with Crippen LogP contribution in [-0.4, -0.2) is 12.5 Å². The van der Waals surface area contributed by atoms with Crippen molar-refractivity contribution >= 4 is 11.6 Å². The first kappa shape index (κ1) is 13.7. The Balaban J connectivity index is 2.91. The van der Waals surface area contributed by atoms with Crippen LogP contribution in [0.25, 0.3) is 0 Å². The van der Waals surface area contributed by atoms with Crippen LogP contribution in [0.5, 0.6) is 0 Å². The molecule has 0 spiro atoms. The van der Waals surface area contributed by atoms with E-state index in [1.54, 1.807) is 0 Å². The van der Waals surface area contributed by atoms with Gasteiger partial charge in [0.2, 0.25) is 5.91 Å². The van der Waals surface area contributed by atoms with Gasteiger partial charge >= 0.3 is 0 Å². The summed E-state index contributed by atoms with van der Waals surface area (Å²) in [6.45, 7) is 8.24. The minimum absolute atomic E-state index is 0.00352. The number of amides is 1. The SMILES string of the molecule is CCC(C)(CN)C(=O)Nc1cc(C)ccc1C. The fourth-order valence-electron chi connectivity index (χ4n) is 1.54. The molecule has 0 heterocycles. The quantitative estimate of drug-likeness (QED) is 0.841. The van der Waals surface area contributed by atoms with Crippen molar-refractivity contribution in [3.8, 4) is 0 Å². The van der Waals surface area contributed by atoms with Crippen molar-refractivity contribution in [1.29, 1.82) is 0 Å². The van der Waals surface area contributed by atoms with Gasteiger partial charge in [0.05, 0.1) is 5.41 Å². The van der Waals surface area contributed by atoms with E-state index in [1.165, 1.54) is 0 Å². The van der Waals surface area contributed by atoms with Gasteiger partial charge in [-0.3, -0.25) is 4.79 Å². The fourth-order valence-corrected chi connectivity index (χ4v) is 1.54. The lowest BCUT2D eigenvalue weighted by Gasteiger charge is -2.25. The lowest BCUT2D eigenvalue weighted by atomic mass is 9.86. The zero-order chi connectivity index (χ0) is 13.1. The molecule has 17 heavy (non-hydrogen) atoms. The number of nitrogens with two attached hydrogens (primary N) is 1. The van der Waals surface area contributed by atoms with Gasteiger partial charge in [-0.15, -0.1) is 0 Å². The van der Waals surface area contributed by atoms with Gasteiger partial charge in [0.1, 0.15) is 0 Å². The summed E-state index contributed by atoms with van der Waals surface area (Å²) < 4.78 is 0. The van der Waals surface area contributed by atoms with Crippen LogP contribution in [0.3, 0.4) is 0 Å². The molecule has 0 aliphatic rings. The third-order valence-corrected chi connectivity index (χ3v) is 3.42. The van der Waals surface area contributed by atoms with Gasteiger partial charge in [-0.05, 0) is 44.4 Å². The number of nitrogens with one attached hydrogen (secondary N) is 1. The van der Waals surface area contributed by atoms with Crippen molar-refractivity contribution < 1.29 is 4.79 Å². The van der Waals surface area contributed by atoms with Crippen molar-refractivity contribution in [2.24, 2.45) is 11.1 Å². The van der Waals surface area contributed by atoms with Crippen LogP contribution < -0.4 is 11.1 Å². The zero-order valence-electron chi connectivity index (χ0n) is 11.1. The van der Waals surface area contributed by atoms with Crippen LogP contribution in [0.1, 0.15) is 31.4 Å². The third-order valence-electron chi connectivity index (χ3n) is 3.42. The van der Waals surface area contributed by atoms with Gasteiger partial charge in [0.25, 0.3) is 0 Å². The van der Waals surface area contributed by atoms with Crippen molar-refractivity contribution in [3.63, 3.8) is 0 Å². The normalized spacial score (nSPS) is 14.2. The molecule has 1 rings (SSSR count). The van der Waals surface area contributed by atoms with Crippen LogP contribution >= 0.6 is 0 Å². The average Bonchev–Trinajstić information content (AvgIpc) is 2.32. The van der Waals surface area contributed by atoms with Crippen LogP contribution in [-0.2, 0) is 4.79 Å². The van der Waals surface area contributed by atoms with Crippen LogP contribution in [0.2, 0.25) is 0 Å². The summed E-state index contributed by atoms with van der Waals surface area (Å²) in [5.41, 5.74) is 8.27. The van der Waals surface area contributed by atoms with E-state index in [0.717, 1.165) is 23.2 Å². The number of benzene rings is 1. The van der Waals surface area contributed by atoms with E-state index in [9.17, 15) is 4.79 Å². The predicted octanol–water partition coefficient (Wildman–Crippen LogP) is 2.62. The number of rotatable bonds is 4. The van der Waals surface area contributed by atoms with Crippen molar-refractivity contribution in [2.45, 2.75) is 34.1 Å². The first-order valence-corrected chi connectivity index (χ1v) is 6.01. The molecule has 0 aliphatic carbocycles. The molecule has 3 N–H and O–H groups in total. The Bertz CT molecular complexity index is 409. The highest BCUT2D eigenvalue weighted by Gasteiger charge is 2.29. The first-order valence-electron chi connectivity index (χ1n) is 6.01. The lowest BCUT2D eigenvalue weighted by molar-refractivity contribution is -0.124. The van der Waals surface area contributed by atoms with E-state index in [4.69, 9.17) is 5.73 Å². The van der Waals surface area contributed by atoms with E-state index in [2.05, 4.69) is 5.32 Å². The summed E-state index contributed by atoms with van der Waals surface area (Å²) in [6, 6.07) is 6.03. The second-order valence-electron chi connectivity index (χ2n) is 4.89. The number of carbonyl (C=O) groups excluding carboxylic acids is 1. The van der Waals surface area contributed by atoms with Crippen molar-refractivity contribution in [2.75, 3.05) is 11.9 Å². The predicted molar refractivity (Wildman–Crippen MR) is 72.0 cm³/mol. The molecule has 1 aromatic rings. The smallest absolute Gasteiger partial charge is 0.231 e. The molecule has 0 fully saturated rings. The van der Waals surface area contributed by atoms with Gasteiger partial charge in [-0.2, -0.15) is 0 Å². The van der Waals surface area contributed by atoms with E-state index in [0.29, 0.717) is 6.54 Å². The van der Waals surface area contributed by atoms with Gasteiger partial charge in [-0.25, -0.2) is 0 Å². The Morgan fingerprint density at radius 3 is 2.59 bits per heavy atom. The lowest BCUT2D eigenvalue weighted by Crippen LogP contribution is -2.39. The highest BCUT2D eigenvalue weighted by molar-refractivity contribution is 5.95. The Kier molecular flexibility index (Phi) is 4.29. The Morgan fingerprint density at radius 1 is 1.41 bits per heavy atom. The monoisotopic (exact) mass is 234 g/mol. The molecule has 1 aromatic carbocycles. The topological polar surface area (TPSA) is 55.1 Å². The second kappa shape index (κ2) is 5.32. The number of hydrogen-bond donors (Lipinski definition) is 2. The van der Waals surface area contributed by atoms with Gasteiger partial charge in [-0.1, -0.05) is 19.1 Å². The minimum atomic E-state index is -0.490. The molecule has 0 aliphatic heterocycles. The molecule has 0 bridgehead atoms. The molecule has 0 radical (unpaired) electrons. The molecule has 3 heteroatoms. The molecule has 1 atom stereocenters. The maximum absolute atomic E-state index is 12.2. The van der Waals surface area contributed by atoms with Crippen molar-refractivity contribution in [3.05, 3.63) is 29.3 Å². The van der Waals surface area contributed by atoms with E-state index in [-0.39, 0.29) is 5.91 Å². The summed E-state index contributed by atoms with van der Waals surface area (Å²) in [6.07, 6.45) is 0.736. The second-order valence-corrected chi connectivity index (χ2v) is 4.89. The van der Waals surface area contributed by atoms with Crippen LogP contribution in [0.4, 0.5) is 5.69 Å². The summed E-state index contributed by atoms with van der Waals surface area (Å²) >= 11 is 0. The molecular weight excluding hydrogens is 212 g/mol. The molecular formula is C14H22N2O. The molecule has 3 nitrogen and oxygen atoms in total. The largest absolute Gasteiger partial charge is 0.329 e. The van der Waals surface area contributed by atoms with Gasteiger partial charge in [0, 0.05) is 12.2 Å². The molecule has 0 aromatic heterocycles. The van der Waals surface area contributed by atoms with Crippen LogP contribution in [0, 0.1) is 19.3 Å². The van der Waals surface area contributed by atoms with Gasteiger partial charge in [0.15, 0.2) is 0 Å².